The van der Waals surface area contributed by atoms with Gasteiger partial charge in [0.05, 0.1) is 23.6 Å². The minimum atomic E-state index is -0.483. The average molecular weight is 349 g/mol. The van der Waals surface area contributed by atoms with Crippen molar-refractivity contribution in [3.05, 3.63) is 75.6 Å². The summed E-state index contributed by atoms with van der Waals surface area (Å²) in [6, 6.07) is 14.1. The number of hydrogen-bond acceptors (Lipinski definition) is 4. The summed E-state index contributed by atoms with van der Waals surface area (Å²) < 4.78 is 11.5. The molecule has 2 heterocycles. The Morgan fingerprint density at radius 3 is 2.73 bits per heavy atom. The number of benzene rings is 2. The maximum Gasteiger partial charge on any atom is 0.290 e. The third kappa shape index (κ3) is 2.47. The SMILES string of the molecule is CCCOc1cccc([C@@H]2c3c(oc4ccccc4c3=O)C(=O)N2C)c1. The smallest absolute Gasteiger partial charge is 0.290 e. The summed E-state index contributed by atoms with van der Waals surface area (Å²) in [4.78, 5) is 27.3. The number of carbonyl (C=O) groups is 1. The number of hydrogen-bond donors (Lipinski definition) is 0. The van der Waals surface area contributed by atoms with Crippen LogP contribution in [0.2, 0.25) is 0 Å². The molecule has 0 saturated heterocycles. The summed E-state index contributed by atoms with van der Waals surface area (Å²) in [5.41, 5.74) is 1.49. The molecule has 0 bridgehead atoms. The molecule has 0 saturated carbocycles. The summed E-state index contributed by atoms with van der Waals surface area (Å²) in [6.07, 6.45) is 0.907. The van der Waals surface area contributed by atoms with E-state index in [0.717, 1.165) is 17.7 Å². The van der Waals surface area contributed by atoms with Crippen LogP contribution in [-0.2, 0) is 0 Å². The lowest BCUT2D eigenvalue weighted by atomic mass is 9.98. The van der Waals surface area contributed by atoms with Gasteiger partial charge in [0, 0.05) is 7.05 Å². The zero-order valence-corrected chi connectivity index (χ0v) is 14.7. The summed E-state index contributed by atoms with van der Waals surface area (Å²) in [6.45, 7) is 2.66. The first-order valence-corrected chi connectivity index (χ1v) is 8.67. The second-order valence-corrected chi connectivity index (χ2v) is 6.41. The number of ether oxygens (including phenoxy) is 1. The predicted octanol–water partition coefficient (Wildman–Crippen LogP) is 3.76. The molecule has 3 aromatic rings. The zero-order chi connectivity index (χ0) is 18.3. The van der Waals surface area contributed by atoms with Crippen LogP contribution in [0.15, 0.2) is 57.7 Å². The fourth-order valence-electron chi connectivity index (χ4n) is 3.42. The number of carbonyl (C=O) groups excluding carboxylic acids is 1. The maximum absolute atomic E-state index is 13.1. The van der Waals surface area contributed by atoms with E-state index in [-0.39, 0.29) is 17.1 Å². The fraction of sp³-hybridized carbons (Fsp3) is 0.238. The molecule has 26 heavy (non-hydrogen) atoms. The molecule has 0 N–H and O–H groups in total. The van der Waals surface area contributed by atoms with Gasteiger partial charge in [0.25, 0.3) is 5.91 Å². The van der Waals surface area contributed by atoms with Crippen molar-refractivity contribution in [3.8, 4) is 5.75 Å². The molecule has 5 nitrogen and oxygen atoms in total. The lowest BCUT2D eigenvalue weighted by molar-refractivity contribution is 0.0771. The highest BCUT2D eigenvalue weighted by molar-refractivity contribution is 5.98. The van der Waals surface area contributed by atoms with E-state index in [9.17, 15) is 9.59 Å². The molecule has 2 aromatic carbocycles. The average Bonchev–Trinajstić information content (AvgIpc) is 2.92. The van der Waals surface area contributed by atoms with E-state index in [2.05, 4.69) is 0 Å². The van der Waals surface area contributed by atoms with Crippen molar-refractivity contribution in [2.24, 2.45) is 0 Å². The summed E-state index contributed by atoms with van der Waals surface area (Å²) in [5, 5.41) is 0.484. The molecule has 1 aromatic heterocycles. The lowest BCUT2D eigenvalue weighted by Crippen LogP contribution is -2.25. The van der Waals surface area contributed by atoms with Crippen LogP contribution in [-0.4, -0.2) is 24.5 Å². The first kappa shape index (κ1) is 16.4. The monoisotopic (exact) mass is 349 g/mol. The second kappa shape index (κ2) is 6.33. The zero-order valence-electron chi connectivity index (χ0n) is 14.7. The van der Waals surface area contributed by atoms with Crippen molar-refractivity contribution in [3.63, 3.8) is 0 Å². The van der Waals surface area contributed by atoms with Crippen LogP contribution in [0.1, 0.15) is 41.1 Å². The first-order chi connectivity index (χ1) is 12.6. The minimum Gasteiger partial charge on any atom is -0.494 e. The molecule has 1 atom stereocenters. The molecule has 0 spiro atoms. The van der Waals surface area contributed by atoms with Crippen LogP contribution < -0.4 is 10.2 Å². The molecule has 0 fully saturated rings. The second-order valence-electron chi connectivity index (χ2n) is 6.41. The number of fused-ring (bicyclic) bond motifs is 2. The Kier molecular flexibility index (Phi) is 3.99. The Bertz CT molecular complexity index is 1050. The summed E-state index contributed by atoms with van der Waals surface area (Å²) in [7, 11) is 1.69. The molecule has 0 aliphatic carbocycles. The normalized spacial score (nSPS) is 16.2. The highest BCUT2D eigenvalue weighted by Crippen LogP contribution is 2.37. The van der Waals surface area contributed by atoms with E-state index in [1.807, 2.05) is 31.2 Å². The van der Waals surface area contributed by atoms with Gasteiger partial charge >= 0.3 is 0 Å². The summed E-state index contributed by atoms with van der Waals surface area (Å²) >= 11 is 0. The third-order valence-corrected chi connectivity index (χ3v) is 4.65. The van der Waals surface area contributed by atoms with Crippen LogP contribution in [0.5, 0.6) is 5.75 Å². The van der Waals surface area contributed by atoms with Crippen molar-refractivity contribution in [2.75, 3.05) is 13.7 Å². The molecule has 0 unspecified atom stereocenters. The van der Waals surface area contributed by atoms with Gasteiger partial charge < -0.3 is 14.1 Å². The maximum atomic E-state index is 13.1. The van der Waals surface area contributed by atoms with E-state index in [4.69, 9.17) is 9.15 Å². The number of amides is 1. The molecule has 0 radical (unpaired) electrons. The fourth-order valence-corrected chi connectivity index (χ4v) is 3.42. The number of nitrogens with zero attached hydrogens (tertiary/aromatic N) is 1. The van der Waals surface area contributed by atoms with Gasteiger partial charge in [-0.05, 0) is 36.2 Å². The van der Waals surface area contributed by atoms with E-state index >= 15 is 0 Å². The van der Waals surface area contributed by atoms with Crippen LogP contribution >= 0.6 is 0 Å². The molecule has 1 aliphatic rings. The number of para-hydroxylation sites is 1. The van der Waals surface area contributed by atoms with Gasteiger partial charge in [-0.15, -0.1) is 0 Å². The Balaban J connectivity index is 1.89. The van der Waals surface area contributed by atoms with Gasteiger partial charge in [-0.25, -0.2) is 0 Å². The van der Waals surface area contributed by atoms with E-state index in [0.29, 0.717) is 23.1 Å². The van der Waals surface area contributed by atoms with Crippen LogP contribution in [0.3, 0.4) is 0 Å². The first-order valence-electron chi connectivity index (χ1n) is 8.67. The van der Waals surface area contributed by atoms with Gasteiger partial charge in [0.1, 0.15) is 11.3 Å². The molecular weight excluding hydrogens is 330 g/mol. The minimum absolute atomic E-state index is 0.126. The largest absolute Gasteiger partial charge is 0.494 e. The quantitative estimate of drug-likeness (QED) is 0.720. The highest BCUT2D eigenvalue weighted by Gasteiger charge is 2.40. The number of rotatable bonds is 4. The van der Waals surface area contributed by atoms with E-state index in [1.54, 1.807) is 36.2 Å². The van der Waals surface area contributed by atoms with Crippen LogP contribution in [0.4, 0.5) is 0 Å². The highest BCUT2D eigenvalue weighted by atomic mass is 16.5. The Morgan fingerprint density at radius 2 is 1.92 bits per heavy atom. The van der Waals surface area contributed by atoms with Gasteiger partial charge in [0.2, 0.25) is 5.76 Å². The Morgan fingerprint density at radius 1 is 1.12 bits per heavy atom. The molecule has 1 aliphatic heterocycles. The molecule has 1 amide bonds. The van der Waals surface area contributed by atoms with Gasteiger partial charge in [-0.1, -0.05) is 31.2 Å². The predicted molar refractivity (Wildman–Crippen MR) is 98.6 cm³/mol. The molecule has 5 heteroatoms. The van der Waals surface area contributed by atoms with Crippen LogP contribution in [0.25, 0.3) is 11.0 Å². The molecule has 4 rings (SSSR count). The van der Waals surface area contributed by atoms with E-state index in [1.165, 1.54) is 0 Å². The standard InChI is InChI=1S/C21H19NO4/c1-3-11-25-14-8-6-7-13(12-14)18-17-19(23)15-9-4-5-10-16(15)26-20(17)21(24)22(18)2/h4-10,12,18H,3,11H2,1-2H3/t18-/m1/s1. The van der Waals surface area contributed by atoms with Gasteiger partial charge in [-0.3, -0.25) is 9.59 Å². The van der Waals surface area contributed by atoms with Crippen molar-refractivity contribution in [2.45, 2.75) is 19.4 Å². The molecular formula is C21H19NO4. The third-order valence-electron chi connectivity index (χ3n) is 4.65. The Hall–Kier alpha value is -3.08. The van der Waals surface area contributed by atoms with E-state index < -0.39 is 6.04 Å². The Labute approximate surface area is 150 Å². The van der Waals surface area contributed by atoms with Gasteiger partial charge in [0.15, 0.2) is 5.43 Å². The van der Waals surface area contributed by atoms with Crippen molar-refractivity contribution < 1.29 is 13.9 Å². The van der Waals surface area contributed by atoms with Crippen molar-refractivity contribution in [1.82, 2.24) is 4.90 Å². The van der Waals surface area contributed by atoms with Crippen molar-refractivity contribution in [1.29, 1.82) is 0 Å². The van der Waals surface area contributed by atoms with Crippen molar-refractivity contribution >= 4 is 16.9 Å². The van der Waals surface area contributed by atoms with Gasteiger partial charge in [-0.2, -0.15) is 0 Å². The lowest BCUT2D eigenvalue weighted by Gasteiger charge is -2.21. The molecule has 132 valence electrons. The topological polar surface area (TPSA) is 59.8 Å². The summed E-state index contributed by atoms with van der Waals surface area (Å²) in [5.74, 6) is 0.567. The van der Waals surface area contributed by atoms with Crippen LogP contribution in [0, 0.1) is 0 Å².